The van der Waals surface area contributed by atoms with Crippen LogP contribution in [0.1, 0.15) is 42.3 Å². The van der Waals surface area contributed by atoms with Crippen LogP contribution in [0.25, 0.3) is 5.95 Å². The maximum Gasteiger partial charge on any atom is 0.263 e. The van der Waals surface area contributed by atoms with E-state index in [4.69, 9.17) is 4.74 Å². The molecule has 1 amide bonds. The summed E-state index contributed by atoms with van der Waals surface area (Å²) in [6.07, 6.45) is 0. The zero-order valence-electron chi connectivity index (χ0n) is 17.2. The summed E-state index contributed by atoms with van der Waals surface area (Å²) in [5.41, 5.74) is 2.77. The molecule has 1 aromatic carbocycles. The maximum absolute atomic E-state index is 12.4. The summed E-state index contributed by atoms with van der Waals surface area (Å²) in [4.78, 5) is 31.5. The number of amides is 1. The first-order valence-electron chi connectivity index (χ1n) is 9.41. The molecule has 0 fully saturated rings. The SMILES string of the molecule is Cc1cc(NC(=O)COc2ccc(C(C)C)cc2)n(-c2nc(C)c(C)c(=O)[nH]2)n1. The fourth-order valence-corrected chi connectivity index (χ4v) is 2.76. The Morgan fingerprint density at radius 1 is 1.21 bits per heavy atom. The lowest BCUT2D eigenvalue weighted by molar-refractivity contribution is -0.118. The molecule has 152 valence electrons. The van der Waals surface area contributed by atoms with Crippen molar-refractivity contribution in [2.75, 3.05) is 11.9 Å². The Kier molecular flexibility index (Phi) is 5.81. The van der Waals surface area contributed by atoms with Gasteiger partial charge >= 0.3 is 0 Å². The Bertz CT molecular complexity index is 1080. The van der Waals surface area contributed by atoms with Crippen molar-refractivity contribution in [1.82, 2.24) is 19.7 Å². The standard InChI is InChI=1S/C21H25N5O3/c1-12(2)16-6-8-17(9-7-16)29-11-19(27)23-18-10-13(3)25-26(18)21-22-15(5)14(4)20(28)24-21/h6-10,12H,11H2,1-5H3,(H,23,27)(H,22,24,28). The molecule has 2 N–H and O–H groups in total. The highest BCUT2D eigenvalue weighted by Crippen LogP contribution is 2.19. The smallest absolute Gasteiger partial charge is 0.263 e. The highest BCUT2D eigenvalue weighted by Gasteiger charge is 2.14. The van der Waals surface area contributed by atoms with Crippen LogP contribution >= 0.6 is 0 Å². The summed E-state index contributed by atoms with van der Waals surface area (Å²) in [5.74, 6) is 1.35. The van der Waals surface area contributed by atoms with Crippen LogP contribution in [0.2, 0.25) is 0 Å². The lowest BCUT2D eigenvalue weighted by Gasteiger charge is -2.11. The van der Waals surface area contributed by atoms with E-state index < -0.39 is 0 Å². The zero-order valence-corrected chi connectivity index (χ0v) is 17.2. The van der Waals surface area contributed by atoms with E-state index in [1.165, 1.54) is 10.2 Å². The lowest BCUT2D eigenvalue weighted by Crippen LogP contribution is -2.23. The minimum atomic E-state index is -0.342. The third-order valence-corrected chi connectivity index (χ3v) is 4.60. The van der Waals surface area contributed by atoms with E-state index in [9.17, 15) is 9.59 Å². The molecule has 0 aliphatic heterocycles. The van der Waals surface area contributed by atoms with Crippen molar-refractivity contribution in [1.29, 1.82) is 0 Å². The van der Waals surface area contributed by atoms with Crippen LogP contribution in [0, 0.1) is 20.8 Å². The number of hydrogen-bond donors (Lipinski definition) is 2. The number of nitrogens with one attached hydrogen (secondary N) is 2. The largest absolute Gasteiger partial charge is 0.484 e. The van der Waals surface area contributed by atoms with Crippen LogP contribution in [0.15, 0.2) is 35.1 Å². The topological polar surface area (TPSA) is 102 Å². The number of hydrogen-bond acceptors (Lipinski definition) is 5. The summed E-state index contributed by atoms with van der Waals surface area (Å²) in [6.45, 7) is 9.33. The number of rotatable bonds is 6. The number of aromatic nitrogens is 4. The minimum Gasteiger partial charge on any atom is -0.484 e. The summed E-state index contributed by atoms with van der Waals surface area (Å²) in [5, 5.41) is 7.08. The zero-order chi connectivity index (χ0) is 21.1. The second kappa shape index (κ2) is 8.30. The van der Waals surface area contributed by atoms with Gasteiger partial charge in [-0.05, 0) is 44.4 Å². The van der Waals surface area contributed by atoms with Crippen LogP contribution in [-0.2, 0) is 4.79 Å². The Morgan fingerprint density at radius 3 is 2.52 bits per heavy atom. The van der Waals surface area contributed by atoms with E-state index in [-0.39, 0.29) is 24.0 Å². The fraction of sp³-hybridized carbons (Fsp3) is 0.333. The van der Waals surface area contributed by atoms with Crippen molar-refractivity contribution in [3.8, 4) is 11.7 Å². The number of carbonyl (C=O) groups excluding carboxylic acids is 1. The lowest BCUT2D eigenvalue weighted by atomic mass is 10.0. The van der Waals surface area contributed by atoms with Crippen molar-refractivity contribution in [3.05, 3.63) is 63.2 Å². The normalized spacial score (nSPS) is 11.0. The van der Waals surface area contributed by atoms with Crippen molar-refractivity contribution in [2.45, 2.75) is 40.5 Å². The van der Waals surface area contributed by atoms with Gasteiger partial charge in [0.05, 0.1) is 5.69 Å². The molecule has 3 rings (SSSR count). The van der Waals surface area contributed by atoms with Gasteiger partial charge in [0.25, 0.3) is 11.5 Å². The number of aryl methyl sites for hydroxylation is 2. The van der Waals surface area contributed by atoms with Crippen molar-refractivity contribution >= 4 is 11.7 Å². The maximum atomic E-state index is 12.4. The third-order valence-electron chi connectivity index (χ3n) is 4.60. The number of nitrogens with zero attached hydrogens (tertiary/aromatic N) is 3. The van der Waals surface area contributed by atoms with E-state index in [1.807, 2.05) is 24.3 Å². The molecule has 0 saturated heterocycles. The number of anilines is 1. The van der Waals surface area contributed by atoms with Crippen LogP contribution in [0.4, 0.5) is 5.82 Å². The number of ether oxygens (including phenoxy) is 1. The van der Waals surface area contributed by atoms with Gasteiger partial charge < -0.3 is 10.1 Å². The van der Waals surface area contributed by atoms with Gasteiger partial charge in [-0.15, -0.1) is 0 Å². The van der Waals surface area contributed by atoms with Gasteiger partial charge in [0, 0.05) is 17.3 Å². The van der Waals surface area contributed by atoms with E-state index in [2.05, 4.69) is 34.2 Å². The molecule has 0 unspecified atom stereocenters. The predicted octanol–water partition coefficient (Wildman–Crippen LogP) is 3.02. The van der Waals surface area contributed by atoms with Gasteiger partial charge in [-0.2, -0.15) is 9.78 Å². The highest BCUT2D eigenvalue weighted by atomic mass is 16.5. The van der Waals surface area contributed by atoms with Crippen LogP contribution in [0.5, 0.6) is 5.75 Å². The molecule has 0 spiro atoms. The molecule has 8 nitrogen and oxygen atoms in total. The molecule has 3 aromatic rings. The molecule has 0 aliphatic carbocycles. The van der Waals surface area contributed by atoms with Crippen LogP contribution in [0.3, 0.4) is 0 Å². The van der Waals surface area contributed by atoms with Gasteiger partial charge in [-0.25, -0.2) is 4.98 Å². The van der Waals surface area contributed by atoms with Crippen LogP contribution in [-0.4, -0.2) is 32.3 Å². The van der Waals surface area contributed by atoms with Gasteiger partial charge in [0.15, 0.2) is 6.61 Å². The summed E-state index contributed by atoms with van der Waals surface area (Å²) in [7, 11) is 0. The summed E-state index contributed by atoms with van der Waals surface area (Å²) in [6, 6.07) is 9.36. The van der Waals surface area contributed by atoms with Crippen molar-refractivity contribution < 1.29 is 9.53 Å². The van der Waals surface area contributed by atoms with Gasteiger partial charge in [0.2, 0.25) is 5.95 Å². The first-order chi connectivity index (χ1) is 13.7. The Balaban J connectivity index is 1.72. The average molecular weight is 395 g/mol. The van der Waals surface area contributed by atoms with E-state index >= 15 is 0 Å². The molecule has 2 heterocycles. The minimum absolute atomic E-state index is 0.151. The third kappa shape index (κ3) is 4.71. The Labute approximate surface area is 168 Å². The second-order valence-corrected chi connectivity index (χ2v) is 7.24. The second-order valence-electron chi connectivity index (χ2n) is 7.24. The Morgan fingerprint density at radius 2 is 1.90 bits per heavy atom. The van der Waals surface area contributed by atoms with E-state index in [0.29, 0.717) is 34.4 Å². The molecule has 0 bridgehead atoms. The molecule has 29 heavy (non-hydrogen) atoms. The molecule has 0 saturated carbocycles. The number of H-pyrrole nitrogens is 1. The first kappa shape index (κ1) is 20.3. The summed E-state index contributed by atoms with van der Waals surface area (Å²) < 4.78 is 6.97. The first-order valence-corrected chi connectivity index (χ1v) is 9.41. The summed E-state index contributed by atoms with van der Waals surface area (Å²) >= 11 is 0. The van der Waals surface area contributed by atoms with Gasteiger partial charge in [0.1, 0.15) is 11.6 Å². The van der Waals surface area contributed by atoms with E-state index in [1.54, 1.807) is 26.8 Å². The van der Waals surface area contributed by atoms with Crippen molar-refractivity contribution in [3.63, 3.8) is 0 Å². The van der Waals surface area contributed by atoms with Crippen LogP contribution < -0.4 is 15.6 Å². The molecule has 0 atom stereocenters. The molecule has 0 radical (unpaired) electrons. The van der Waals surface area contributed by atoms with Gasteiger partial charge in [-0.3, -0.25) is 14.6 Å². The monoisotopic (exact) mass is 395 g/mol. The predicted molar refractivity (Wildman–Crippen MR) is 111 cm³/mol. The molecule has 0 aliphatic rings. The number of carbonyl (C=O) groups is 1. The van der Waals surface area contributed by atoms with Crippen molar-refractivity contribution in [2.24, 2.45) is 0 Å². The van der Waals surface area contributed by atoms with Gasteiger partial charge in [-0.1, -0.05) is 26.0 Å². The van der Waals surface area contributed by atoms with E-state index in [0.717, 1.165) is 0 Å². The highest BCUT2D eigenvalue weighted by molar-refractivity contribution is 5.91. The molecule has 8 heteroatoms. The number of aromatic amines is 1. The molecular weight excluding hydrogens is 370 g/mol. The quantitative estimate of drug-likeness (QED) is 0.668. The Hall–Kier alpha value is -3.42. The fourth-order valence-electron chi connectivity index (χ4n) is 2.76. The molecular formula is C21H25N5O3. The molecule has 2 aromatic heterocycles. The number of benzene rings is 1. The average Bonchev–Trinajstić information content (AvgIpc) is 3.04.